The van der Waals surface area contributed by atoms with E-state index in [9.17, 15) is 0 Å². The lowest BCUT2D eigenvalue weighted by molar-refractivity contribution is 0.206. The largest absolute Gasteiger partial charge is 0.485 e. The average Bonchev–Trinajstić information content (AvgIpc) is 3.15. The molecule has 5 rings (SSSR count). The first-order valence-corrected chi connectivity index (χ1v) is 9.67. The van der Waals surface area contributed by atoms with Gasteiger partial charge >= 0.3 is 0 Å². The summed E-state index contributed by atoms with van der Waals surface area (Å²) >= 11 is 1.60. The van der Waals surface area contributed by atoms with Crippen LogP contribution < -0.4 is 10.2 Å². The Morgan fingerprint density at radius 3 is 2.59 bits per heavy atom. The van der Waals surface area contributed by atoms with Gasteiger partial charge in [0.2, 0.25) is 5.13 Å². The van der Waals surface area contributed by atoms with Crippen LogP contribution in [0.15, 0.2) is 84.0 Å². The third kappa shape index (κ3) is 3.17. The molecule has 1 N–H and O–H groups in total. The quantitative estimate of drug-likeness (QED) is 0.474. The Kier molecular flexibility index (Phi) is 4.07. The minimum Gasteiger partial charge on any atom is -0.485 e. The predicted octanol–water partition coefficient (Wildman–Crippen LogP) is 5.64. The Morgan fingerprint density at radius 1 is 0.926 bits per heavy atom. The fourth-order valence-electron chi connectivity index (χ4n) is 3.28. The number of fused-ring (bicyclic) bond motifs is 2. The number of aromatic nitrogens is 1. The Labute approximate surface area is 161 Å². The van der Waals surface area contributed by atoms with E-state index in [1.165, 1.54) is 0 Å². The summed E-state index contributed by atoms with van der Waals surface area (Å²) in [6.45, 7) is 0. The molecule has 0 aliphatic carbocycles. The zero-order valence-corrected chi connectivity index (χ0v) is 15.3. The van der Waals surface area contributed by atoms with Gasteiger partial charge in [0.15, 0.2) is 0 Å². The first kappa shape index (κ1) is 16.0. The molecule has 0 saturated heterocycles. The number of para-hydroxylation sites is 2. The molecule has 0 spiro atoms. The second-order valence-electron chi connectivity index (χ2n) is 6.37. The van der Waals surface area contributed by atoms with Crippen molar-refractivity contribution in [1.29, 1.82) is 0 Å². The van der Waals surface area contributed by atoms with Crippen molar-refractivity contribution in [3.8, 4) is 5.75 Å². The predicted molar refractivity (Wildman–Crippen MR) is 111 cm³/mol. The van der Waals surface area contributed by atoms with E-state index in [4.69, 9.17) is 9.84 Å². The van der Waals surface area contributed by atoms with Crippen molar-refractivity contribution in [2.24, 2.45) is 5.10 Å². The van der Waals surface area contributed by atoms with Crippen molar-refractivity contribution in [3.05, 3.63) is 90.0 Å². The maximum absolute atomic E-state index is 6.23. The van der Waals surface area contributed by atoms with E-state index in [-0.39, 0.29) is 6.10 Å². The van der Waals surface area contributed by atoms with Gasteiger partial charge in [-0.2, -0.15) is 5.10 Å². The lowest BCUT2D eigenvalue weighted by Crippen LogP contribution is -2.21. The minimum atomic E-state index is -0.0444. The van der Waals surface area contributed by atoms with Crippen LogP contribution >= 0.6 is 11.3 Å². The van der Waals surface area contributed by atoms with Crippen molar-refractivity contribution in [1.82, 2.24) is 4.98 Å². The van der Waals surface area contributed by atoms with Crippen LogP contribution in [0.1, 0.15) is 23.7 Å². The van der Waals surface area contributed by atoms with Crippen LogP contribution in [-0.2, 0) is 0 Å². The first-order chi connectivity index (χ1) is 13.4. The Bertz CT molecular complexity index is 1090. The lowest BCUT2D eigenvalue weighted by atomic mass is 9.96. The third-order valence-electron chi connectivity index (χ3n) is 4.60. The standard InChI is InChI=1S/C22H17N3OS/c1-2-8-15(9-3-1)20-14-18(16-10-4-6-12-19(16)26-20)24-25-22-23-17-11-5-7-13-21(17)27-22/h1-13,20H,14H2,(H,23,25)/b24-18-/t20-/m1/s1. The van der Waals surface area contributed by atoms with Gasteiger partial charge in [0.05, 0.1) is 15.9 Å². The lowest BCUT2D eigenvalue weighted by Gasteiger charge is -2.27. The Hall–Kier alpha value is -3.18. The van der Waals surface area contributed by atoms with Crippen LogP contribution in [0.5, 0.6) is 5.75 Å². The summed E-state index contributed by atoms with van der Waals surface area (Å²) in [5.74, 6) is 0.863. The van der Waals surface area contributed by atoms with Crippen LogP contribution in [0, 0.1) is 0 Å². The number of hydrogen-bond donors (Lipinski definition) is 1. The number of thiazole rings is 1. The molecule has 0 radical (unpaired) electrons. The van der Waals surface area contributed by atoms with Gasteiger partial charge in [0.1, 0.15) is 11.9 Å². The Morgan fingerprint density at radius 2 is 1.70 bits per heavy atom. The molecule has 1 atom stereocenters. The summed E-state index contributed by atoms with van der Waals surface area (Å²) in [7, 11) is 0. The molecule has 3 aromatic carbocycles. The van der Waals surface area contributed by atoms with E-state index >= 15 is 0 Å². The SMILES string of the molecule is c1ccc([C@H]2C/C(=N/Nc3nc4ccccc4s3)c3ccccc3O2)cc1. The number of benzene rings is 3. The van der Waals surface area contributed by atoms with E-state index in [0.29, 0.717) is 6.42 Å². The van der Waals surface area contributed by atoms with Crippen molar-refractivity contribution in [2.75, 3.05) is 5.43 Å². The maximum atomic E-state index is 6.23. The summed E-state index contributed by atoms with van der Waals surface area (Å²) < 4.78 is 7.37. The maximum Gasteiger partial charge on any atom is 0.204 e. The summed E-state index contributed by atoms with van der Waals surface area (Å²) in [4.78, 5) is 4.60. The molecule has 4 nitrogen and oxygen atoms in total. The molecule has 2 heterocycles. The molecule has 27 heavy (non-hydrogen) atoms. The summed E-state index contributed by atoms with van der Waals surface area (Å²) in [6.07, 6.45) is 0.663. The number of ether oxygens (including phenoxy) is 1. The van der Waals surface area contributed by atoms with E-state index in [2.05, 4.69) is 34.7 Å². The highest BCUT2D eigenvalue weighted by Crippen LogP contribution is 2.35. The highest BCUT2D eigenvalue weighted by molar-refractivity contribution is 7.22. The molecule has 0 bridgehead atoms. The van der Waals surface area contributed by atoms with Crippen LogP contribution in [0.25, 0.3) is 10.2 Å². The molecular formula is C22H17N3OS. The smallest absolute Gasteiger partial charge is 0.204 e. The third-order valence-corrected chi connectivity index (χ3v) is 5.54. The average molecular weight is 371 g/mol. The number of hydrogen-bond acceptors (Lipinski definition) is 5. The van der Waals surface area contributed by atoms with E-state index in [1.807, 2.05) is 54.6 Å². The molecule has 1 aliphatic heterocycles. The van der Waals surface area contributed by atoms with Crippen molar-refractivity contribution >= 4 is 32.4 Å². The van der Waals surface area contributed by atoms with Gasteiger partial charge in [-0.1, -0.05) is 65.9 Å². The highest BCUT2D eigenvalue weighted by atomic mass is 32.1. The van der Waals surface area contributed by atoms with E-state index in [1.54, 1.807) is 11.3 Å². The summed E-state index contributed by atoms with van der Waals surface area (Å²) in [5, 5.41) is 5.50. The van der Waals surface area contributed by atoms with Crippen molar-refractivity contribution < 1.29 is 4.74 Å². The van der Waals surface area contributed by atoms with Crippen LogP contribution in [0.2, 0.25) is 0 Å². The zero-order valence-electron chi connectivity index (χ0n) is 14.5. The molecular weight excluding hydrogens is 354 g/mol. The number of anilines is 1. The molecule has 4 aromatic rings. The Balaban J connectivity index is 1.48. The first-order valence-electron chi connectivity index (χ1n) is 8.86. The molecule has 132 valence electrons. The molecule has 1 aliphatic rings. The minimum absolute atomic E-state index is 0.0444. The number of rotatable bonds is 3. The van der Waals surface area contributed by atoms with Gasteiger partial charge in [-0.3, -0.25) is 5.43 Å². The number of hydrazone groups is 1. The van der Waals surface area contributed by atoms with Gasteiger partial charge in [-0.15, -0.1) is 0 Å². The summed E-state index contributed by atoms with van der Waals surface area (Å²) in [5.41, 5.74) is 7.30. The zero-order chi connectivity index (χ0) is 18.1. The fraction of sp³-hybridized carbons (Fsp3) is 0.0909. The highest BCUT2D eigenvalue weighted by Gasteiger charge is 2.26. The normalized spacial score (nSPS) is 17.5. The van der Waals surface area contributed by atoms with Crippen molar-refractivity contribution in [3.63, 3.8) is 0 Å². The monoisotopic (exact) mass is 371 g/mol. The molecule has 0 saturated carbocycles. The molecule has 1 aromatic heterocycles. The number of nitrogens with zero attached hydrogens (tertiary/aromatic N) is 2. The number of nitrogens with one attached hydrogen (secondary N) is 1. The van der Waals surface area contributed by atoms with Gasteiger partial charge in [0, 0.05) is 12.0 Å². The van der Waals surface area contributed by atoms with Gasteiger partial charge < -0.3 is 4.74 Å². The van der Waals surface area contributed by atoms with Crippen LogP contribution in [0.3, 0.4) is 0 Å². The topological polar surface area (TPSA) is 46.5 Å². The molecule has 5 heteroatoms. The fourth-order valence-corrected chi connectivity index (χ4v) is 4.09. The van der Waals surface area contributed by atoms with Crippen molar-refractivity contribution in [2.45, 2.75) is 12.5 Å². The second-order valence-corrected chi connectivity index (χ2v) is 7.41. The molecule has 0 amide bonds. The summed E-state index contributed by atoms with van der Waals surface area (Å²) in [6, 6.07) is 26.4. The molecule has 0 unspecified atom stereocenters. The van der Waals surface area contributed by atoms with Crippen LogP contribution in [0.4, 0.5) is 5.13 Å². The van der Waals surface area contributed by atoms with Gasteiger partial charge in [0.25, 0.3) is 0 Å². The van der Waals surface area contributed by atoms with Gasteiger partial charge in [-0.05, 0) is 29.8 Å². The van der Waals surface area contributed by atoms with E-state index < -0.39 is 0 Å². The van der Waals surface area contributed by atoms with Crippen LogP contribution in [-0.4, -0.2) is 10.7 Å². The van der Waals surface area contributed by atoms with Gasteiger partial charge in [-0.25, -0.2) is 4.98 Å². The molecule has 0 fully saturated rings. The van der Waals surface area contributed by atoms with E-state index in [0.717, 1.165) is 37.9 Å². The second kappa shape index (κ2) is 6.85.